The molecule has 0 aliphatic rings. The minimum absolute atomic E-state index is 0.275. The molecule has 0 aliphatic heterocycles. The van der Waals surface area contributed by atoms with E-state index in [-0.39, 0.29) is 5.91 Å². The van der Waals surface area contributed by atoms with Gasteiger partial charge in [0.1, 0.15) is 11.6 Å². The number of nitrogens with zero attached hydrogens (tertiary/aromatic N) is 2. The average molecular weight is 349 g/mol. The van der Waals surface area contributed by atoms with Crippen LogP contribution in [-0.2, 0) is 0 Å². The highest BCUT2D eigenvalue weighted by atomic mass is 35.5. The number of methoxy groups -OCH3 is 1. The molecule has 0 bridgehead atoms. The summed E-state index contributed by atoms with van der Waals surface area (Å²) in [5, 5.41) is 6.49. The van der Waals surface area contributed by atoms with Crippen LogP contribution in [0.25, 0.3) is 0 Å². The number of hydrogen-bond donors (Lipinski definition) is 2. The molecule has 0 aliphatic carbocycles. The summed E-state index contributed by atoms with van der Waals surface area (Å²) in [5.74, 6) is 0.999. The van der Waals surface area contributed by atoms with Gasteiger partial charge in [0.05, 0.1) is 18.4 Å². The van der Waals surface area contributed by atoms with Gasteiger partial charge in [-0.2, -0.15) is 0 Å². The molecule has 0 spiro atoms. The van der Waals surface area contributed by atoms with Gasteiger partial charge in [0.15, 0.2) is 0 Å². The Morgan fingerprint density at radius 2 is 2.08 bits per heavy atom. The van der Waals surface area contributed by atoms with Crippen molar-refractivity contribution in [2.75, 3.05) is 44.9 Å². The Labute approximate surface area is 146 Å². The lowest BCUT2D eigenvalue weighted by Gasteiger charge is -2.12. The van der Waals surface area contributed by atoms with Crippen molar-refractivity contribution in [1.29, 1.82) is 0 Å². The molecule has 7 heteroatoms. The highest BCUT2D eigenvalue weighted by Gasteiger charge is 2.11. The van der Waals surface area contributed by atoms with E-state index in [1.54, 1.807) is 30.3 Å². The van der Waals surface area contributed by atoms with Crippen molar-refractivity contribution >= 4 is 29.0 Å². The quantitative estimate of drug-likeness (QED) is 0.805. The van der Waals surface area contributed by atoms with Crippen molar-refractivity contribution in [3.05, 3.63) is 47.1 Å². The number of halogens is 1. The summed E-state index contributed by atoms with van der Waals surface area (Å²) in [6.07, 6.45) is 1.53. The fraction of sp³-hybridized carbons (Fsp3) is 0.294. The van der Waals surface area contributed by atoms with Gasteiger partial charge in [-0.15, -0.1) is 0 Å². The number of benzene rings is 1. The molecule has 2 aromatic rings. The van der Waals surface area contributed by atoms with Gasteiger partial charge < -0.3 is 20.3 Å². The molecular formula is C17H21ClN4O2. The van der Waals surface area contributed by atoms with Gasteiger partial charge in [-0.3, -0.25) is 4.79 Å². The number of anilines is 2. The summed E-state index contributed by atoms with van der Waals surface area (Å²) >= 11 is 5.96. The first kappa shape index (κ1) is 18.0. The number of rotatable bonds is 7. The number of ether oxygens (including phenoxy) is 1. The van der Waals surface area contributed by atoms with Crippen molar-refractivity contribution in [2.45, 2.75) is 0 Å². The summed E-state index contributed by atoms with van der Waals surface area (Å²) in [5.41, 5.74) is 0.971. The van der Waals surface area contributed by atoms with Crippen molar-refractivity contribution in [3.63, 3.8) is 0 Å². The summed E-state index contributed by atoms with van der Waals surface area (Å²) in [7, 11) is 5.55. The van der Waals surface area contributed by atoms with E-state index in [1.807, 2.05) is 14.1 Å². The highest BCUT2D eigenvalue weighted by Crippen LogP contribution is 2.28. The van der Waals surface area contributed by atoms with E-state index in [9.17, 15) is 4.79 Å². The number of nitrogens with one attached hydrogen (secondary N) is 2. The largest absolute Gasteiger partial charge is 0.495 e. The molecule has 0 atom stereocenters. The first-order chi connectivity index (χ1) is 11.5. The van der Waals surface area contributed by atoms with E-state index in [2.05, 4.69) is 20.5 Å². The van der Waals surface area contributed by atoms with Gasteiger partial charge in [-0.25, -0.2) is 4.98 Å². The molecule has 1 aromatic heterocycles. The second-order valence-corrected chi connectivity index (χ2v) is 5.90. The van der Waals surface area contributed by atoms with Crippen molar-refractivity contribution in [3.8, 4) is 5.75 Å². The minimum atomic E-state index is -0.275. The Bertz CT molecular complexity index is 689. The molecule has 0 saturated carbocycles. The molecule has 2 N–H and O–H groups in total. The van der Waals surface area contributed by atoms with Gasteiger partial charge in [0.25, 0.3) is 5.91 Å². The van der Waals surface area contributed by atoms with E-state index >= 15 is 0 Å². The van der Waals surface area contributed by atoms with Gasteiger partial charge in [0, 0.05) is 24.3 Å². The van der Waals surface area contributed by atoms with Crippen LogP contribution in [0.2, 0.25) is 5.02 Å². The second-order valence-electron chi connectivity index (χ2n) is 5.46. The summed E-state index contributed by atoms with van der Waals surface area (Å²) in [4.78, 5) is 18.7. The third-order valence-corrected chi connectivity index (χ3v) is 3.54. The molecule has 0 saturated heterocycles. The zero-order valence-electron chi connectivity index (χ0n) is 14.0. The van der Waals surface area contributed by atoms with Crippen molar-refractivity contribution < 1.29 is 9.53 Å². The Morgan fingerprint density at radius 1 is 1.29 bits per heavy atom. The molecule has 1 amide bonds. The number of amides is 1. The lowest BCUT2D eigenvalue weighted by atomic mass is 10.2. The van der Waals surface area contributed by atoms with E-state index in [4.69, 9.17) is 16.3 Å². The van der Waals surface area contributed by atoms with E-state index in [0.717, 1.165) is 18.9 Å². The lowest BCUT2D eigenvalue weighted by Crippen LogP contribution is -2.21. The molecule has 0 unspecified atom stereocenters. The van der Waals surface area contributed by atoms with Crippen LogP contribution in [0, 0.1) is 0 Å². The first-order valence-electron chi connectivity index (χ1n) is 7.49. The maximum Gasteiger partial charge on any atom is 0.257 e. The van der Waals surface area contributed by atoms with Crippen LogP contribution in [0.15, 0.2) is 36.5 Å². The van der Waals surface area contributed by atoms with E-state index in [1.165, 1.54) is 13.3 Å². The average Bonchev–Trinajstić information content (AvgIpc) is 2.55. The Hall–Kier alpha value is -2.31. The molecule has 0 radical (unpaired) electrons. The van der Waals surface area contributed by atoms with Crippen LogP contribution in [0.3, 0.4) is 0 Å². The zero-order valence-corrected chi connectivity index (χ0v) is 14.7. The molecule has 1 heterocycles. The number of likely N-dealkylation sites (N-methyl/N-ethyl adjacent to an activating group) is 1. The van der Waals surface area contributed by atoms with Gasteiger partial charge in [-0.1, -0.05) is 11.6 Å². The summed E-state index contributed by atoms with van der Waals surface area (Å²) in [6.45, 7) is 1.68. The molecule has 24 heavy (non-hydrogen) atoms. The van der Waals surface area contributed by atoms with E-state index < -0.39 is 0 Å². The topological polar surface area (TPSA) is 66.5 Å². The zero-order chi connectivity index (χ0) is 17.5. The van der Waals surface area contributed by atoms with Gasteiger partial charge in [0.2, 0.25) is 0 Å². The van der Waals surface area contributed by atoms with Crippen LogP contribution in [0.1, 0.15) is 10.4 Å². The second kappa shape index (κ2) is 8.52. The van der Waals surface area contributed by atoms with Crippen molar-refractivity contribution in [2.24, 2.45) is 0 Å². The first-order valence-corrected chi connectivity index (χ1v) is 7.87. The molecule has 6 nitrogen and oxygen atoms in total. The van der Waals surface area contributed by atoms with Crippen LogP contribution >= 0.6 is 11.6 Å². The van der Waals surface area contributed by atoms with Gasteiger partial charge >= 0.3 is 0 Å². The highest BCUT2D eigenvalue weighted by molar-refractivity contribution is 6.31. The summed E-state index contributed by atoms with van der Waals surface area (Å²) in [6, 6.07) is 8.54. The third-order valence-electron chi connectivity index (χ3n) is 3.30. The minimum Gasteiger partial charge on any atom is -0.495 e. The number of pyridine rings is 1. The number of hydrogen-bond acceptors (Lipinski definition) is 5. The fourth-order valence-electron chi connectivity index (χ4n) is 2.01. The van der Waals surface area contributed by atoms with Crippen LogP contribution < -0.4 is 15.4 Å². The lowest BCUT2D eigenvalue weighted by molar-refractivity contribution is 0.102. The Morgan fingerprint density at radius 3 is 2.71 bits per heavy atom. The van der Waals surface area contributed by atoms with Crippen molar-refractivity contribution in [1.82, 2.24) is 9.88 Å². The molecule has 1 aromatic carbocycles. The van der Waals surface area contributed by atoms with Crippen LogP contribution in [0.5, 0.6) is 5.75 Å². The molecule has 128 valence electrons. The van der Waals surface area contributed by atoms with Gasteiger partial charge in [-0.05, 0) is 44.4 Å². The molecule has 0 fully saturated rings. The number of aromatic nitrogens is 1. The number of carbonyl (C=O) groups excluding carboxylic acids is 1. The SMILES string of the molecule is COc1ccc(Cl)cc1NC(=O)c1ccc(NCCN(C)C)nc1. The third kappa shape index (κ3) is 5.11. The standard InChI is InChI=1S/C17H21ClN4O2/c1-22(2)9-8-19-16-7-4-12(11-20-16)17(23)21-14-10-13(18)5-6-15(14)24-3/h4-7,10-11H,8-9H2,1-3H3,(H,19,20)(H,21,23). The maximum absolute atomic E-state index is 12.3. The molecular weight excluding hydrogens is 328 g/mol. The monoisotopic (exact) mass is 348 g/mol. The maximum atomic E-state index is 12.3. The predicted molar refractivity (Wildman–Crippen MR) is 97.2 cm³/mol. The molecule has 2 rings (SSSR count). The van der Waals surface area contributed by atoms with Crippen LogP contribution in [0.4, 0.5) is 11.5 Å². The van der Waals surface area contributed by atoms with Crippen LogP contribution in [-0.4, -0.2) is 50.1 Å². The Balaban J connectivity index is 2.01. The smallest absolute Gasteiger partial charge is 0.257 e. The van der Waals surface area contributed by atoms with E-state index in [0.29, 0.717) is 22.0 Å². The Kier molecular flexibility index (Phi) is 6.40. The normalized spacial score (nSPS) is 10.5. The predicted octanol–water partition coefficient (Wildman–Crippen LogP) is 2.97. The number of carbonyl (C=O) groups is 1. The fourth-order valence-corrected chi connectivity index (χ4v) is 2.18. The summed E-state index contributed by atoms with van der Waals surface area (Å²) < 4.78 is 5.22.